The molecule has 0 saturated heterocycles. The van der Waals surface area contributed by atoms with Crippen molar-refractivity contribution in [2.75, 3.05) is 13.2 Å². The minimum atomic E-state index is -1.06. The zero-order valence-electron chi connectivity index (χ0n) is 21.8. The summed E-state index contributed by atoms with van der Waals surface area (Å²) in [5.41, 5.74) is 0. The largest absolute Gasteiger partial charge is 0.542 e. The first-order valence-corrected chi connectivity index (χ1v) is 13.7. The Morgan fingerprint density at radius 1 is 0.412 bits per heavy atom. The Labute approximate surface area is 207 Å². The highest BCUT2D eigenvalue weighted by molar-refractivity contribution is 5.59. The third-order valence-electron chi connectivity index (χ3n) is 5.67. The minimum Gasteiger partial charge on any atom is -0.432 e. The lowest BCUT2D eigenvalue weighted by atomic mass is 10.1. The zero-order valence-corrected chi connectivity index (χ0v) is 21.8. The molecule has 0 aliphatic rings. The molecule has 0 bridgehead atoms. The average molecular weight is 491 g/mol. The van der Waals surface area contributed by atoms with Gasteiger partial charge in [0.1, 0.15) is 0 Å². The van der Waals surface area contributed by atoms with Crippen LogP contribution in [0.4, 0.5) is 9.59 Å². The third kappa shape index (κ3) is 26.7. The second-order valence-corrected chi connectivity index (χ2v) is 8.86. The van der Waals surface area contributed by atoms with Crippen molar-refractivity contribution in [1.29, 1.82) is 0 Å². The Hall–Kier alpha value is -1.54. The van der Waals surface area contributed by atoms with Crippen molar-refractivity contribution < 1.29 is 38.9 Å². The maximum Gasteiger partial charge on any atom is 0.542 e. The summed E-state index contributed by atoms with van der Waals surface area (Å²) >= 11 is 0. The van der Waals surface area contributed by atoms with Crippen molar-refractivity contribution in [3.8, 4) is 0 Å². The van der Waals surface area contributed by atoms with Crippen molar-refractivity contribution in [1.82, 2.24) is 0 Å². The van der Waals surface area contributed by atoms with Gasteiger partial charge in [0.15, 0.2) is 0 Å². The normalized spacial score (nSPS) is 10.8. The van der Waals surface area contributed by atoms with Gasteiger partial charge in [0.2, 0.25) is 0 Å². The maximum absolute atomic E-state index is 11.3. The van der Waals surface area contributed by atoms with E-state index in [1.807, 2.05) is 0 Å². The lowest BCUT2D eigenvalue weighted by molar-refractivity contribution is -0.601. The number of rotatable bonds is 25. The fourth-order valence-electron chi connectivity index (χ4n) is 3.62. The van der Waals surface area contributed by atoms with Crippen LogP contribution < -0.4 is 0 Å². The van der Waals surface area contributed by atoms with Crippen LogP contribution in [0.2, 0.25) is 0 Å². The number of unbranched alkanes of at least 4 members (excludes halogenated alkanes) is 18. The van der Waals surface area contributed by atoms with Crippen LogP contribution in [0.25, 0.3) is 0 Å². The summed E-state index contributed by atoms with van der Waals surface area (Å²) in [6.45, 7) is 4.92. The predicted octanol–water partition coefficient (Wildman–Crippen LogP) is 8.91. The smallest absolute Gasteiger partial charge is 0.432 e. The molecule has 0 fully saturated rings. The number of ether oxygens (including phenoxy) is 2. The van der Waals surface area contributed by atoms with Crippen molar-refractivity contribution in [3.63, 3.8) is 0 Å². The number of carbonyl (C=O) groups is 2. The summed E-state index contributed by atoms with van der Waals surface area (Å²) in [5, 5.41) is 8.05. The molecule has 202 valence electrons. The fourth-order valence-corrected chi connectivity index (χ4v) is 3.62. The van der Waals surface area contributed by atoms with Gasteiger partial charge in [-0.2, -0.15) is 0 Å². The van der Waals surface area contributed by atoms with Crippen LogP contribution in [0.15, 0.2) is 0 Å². The predicted molar refractivity (Wildman–Crippen MR) is 131 cm³/mol. The molecule has 0 atom stereocenters. The van der Waals surface area contributed by atoms with Crippen LogP contribution >= 0.6 is 0 Å². The summed E-state index contributed by atoms with van der Waals surface area (Å²) in [6, 6.07) is 0. The molecular weight excluding hydrogens is 440 g/mol. The first-order chi connectivity index (χ1) is 16.7. The van der Waals surface area contributed by atoms with Crippen molar-refractivity contribution in [3.05, 3.63) is 0 Å². The highest BCUT2D eigenvalue weighted by Crippen LogP contribution is 2.11. The number of carbonyl (C=O) groups excluding carboxylic acids is 2. The summed E-state index contributed by atoms with van der Waals surface area (Å²) < 4.78 is 9.65. The average Bonchev–Trinajstić information content (AvgIpc) is 2.83. The Morgan fingerprint density at radius 2 is 0.676 bits per heavy atom. The molecule has 0 radical (unpaired) electrons. The summed E-state index contributed by atoms with van der Waals surface area (Å²) in [7, 11) is 0. The molecule has 0 aliphatic carbocycles. The maximum atomic E-state index is 11.3. The molecular formula is C26H50O8. The molecule has 0 aromatic rings. The van der Waals surface area contributed by atoms with Gasteiger partial charge in [-0.25, -0.2) is 19.4 Å². The molecule has 0 rings (SSSR count). The first-order valence-electron chi connectivity index (χ1n) is 13.7. The Bertz CT molecular complexity index is 405. The lowest BCUT2D eigenvalue weighted by Gasteiger charge is -2.05. The monoisotopic (exact) mass is 490 g/mol. The van der Waals surface area contributed by atoms with E-state index in [-0.39, 0.29) is 13.2 Å². The third-order valence-corrected chi connectivity index (χ3v) is 5.67. The van der Waals surface area contributed by atoms with Crippen LogP contribution in [-0.2, 0) is 29.3 Å². The van der Waals surface area contributed by atoms with Gasteiger partial charge in [-0.15, -0.1) is 0 Å². The minimum absolute atomic E-state index is 0.237. The van der Waals surface area contributed by atoms with E-state index in [4.69, 9.17) is 9.47 Å². The molecule has 0 aromatic carbocycles. The molecule has 0 heterocycles. The van der Waals surface area contributed by atoms with Crippen LogP contribution in [0.3, 0.4) is 0 Å². The molecule has 8 nitrogen and oxygen atoms in total. The van der Waals surface area contributed by atoms with E-state index in [1.165, 1.54) is 89.9 Å². The van der Waals surface area contributed by atoms with Gasteiger partial charge >= 0.3 is 12.3 Å². The fraction of sp³-hybridized carbons (Fsp3) is 0.923. The Kier molecular flexibility index (Phi) is 26.4. The van der Waals surface area contributed by atoms with Crippen LogP contribution in [0.1, 0.15) is 142 Å². The van der Waals surface area contributed by atoms with Crippen molar-refractivity contribution in [2.24, 2.45) is 0 Å². The molecule has 0 spiro atoms. The van der Waals surface area contributed by atoms with Gasteiger partial charge < -0.3 is 9.47 Å². The number of hydrogen-bond donors (Lipinski definition) is 0. The van der Waals surface area contributed by atoms with Gasteiger partial charge in [0, 0.05) is 10.1 Å². The Morgan fingerprint density at radius 3 is 0.971 bits per heavy atom. The summed E-state index contributed by atoms with van der Waals surface area (Å²) in [6.07, 6.45) is 21.7. The van der Waals surface area contributed by atoms with Crippen molar-refractivity contribution in [2.45, 2.75) is 142 Å². The zero-order chi connectivity index (χ0) is 25.0. The highest BCUT2D eigenvalue weighted by atomic mass is 17.7. The van der Waals surface area contributed by atoms with Crippen LogP contribution in [0.5, 0.6) is 0 Å². The van der Waals surface area contributed by atoms with Crippen LogP contribution in [0, 0.1) is 0 Å². The van der Waals surface area contributed by atoms with E-state index >= 15 is 0 Å². The quantitative estimate of drug-likeness (QED) is 0.0542. The standard InChI is InChI=1S/C26H50O8/c1-3-5-7-9-11-13-15-17-19-21-23-29-25(27)31-33-34-32-26(28)30-24-22-20-18-16-14-12-10-8-6-4-2/h3-24H2,1-2H3. The van der Waals surface area contributed by atoms with E-state index in [1.54, 1.807) is 0 Å². The summed E-state index contributed by atoms with van der Waals surface area (Å²) in [4.78, 5) is 31.0. The molecule has 0 unspecified atom stereocenters. The van der Waals surface area contributed by atoms with Gasteiger partial charge in [0.05, 0.1) is 13.2 Å². The molecule has 0 saturated carbocycles. The van der Waals surface area contributed by atoms with Crippen molar-refractivity contribution >= 4 is 12.3 Å². The van der Waals surface area contributed by atoms with Crippen LogP contribution in [-0.4, -0.2) is 25.5 Å². The highest BCUT2D eigenvalue weighted by Gasteiger charge is 2.10. The SMILES string of the molecule is CCCCCCCCCCCCOC(=O)OOOOC(=O)OCCCCCCCCCCCC. The van der Waals surface area contributed by atoms with Gasteiger partial charge in [-0.05, 0) is 12.8 Å². The number of hydrogen-bond acceptors (Lipinski definition) is 8. The second-order valence-electron chi connectivity index (χ2n) is 8.86. The first kappa shape index (κ1) is 32.5. The van der Waals surface area contributed by atoms with E-state index < -0.39 is 12.3 Å². The lowest BCUT2D eigenvalue weighted by Crippen LogP contribution is -2.13. The van der Waals surface area contributed by atoms with E-state index in [2.05, 4.69) is 33.7 Å². The van der Waals surface area contributed by atoms with Gasteiger partial charge in [0.25, 0.3) is 0 Å². The van der Waals surface area contributed by atoms with Gasteiger partial charge in [-0.3, -0.25) is 0 Å². The molecule has 34 heavy (non-hydrogen) atoms. The van der Waals surface area contributed by atoms with E-state index in [0.717, 1.165) is 38.5 Å². The Balaban J connectivity index is 3.28. The van der Waals surface area contributed by atoms with E-state index in [9.17, 15) is 9.59 Å². The molecule has 8 heteroatoms. The summed E-state index contributed by atoms with van der Waals surface area (Å²) in [5.74, 6) is 0. The topological polar surface area (TPSA) is 89.5 Å². The molecule has 0 aliphatic heterocycles. The second kappa shape index (κ2) is 27.7. The molecule has 0 amide bonds. The molecule has 0 N–H and O–H groups in total. The van der Waals surface area contributed by atoms with Gasteiger partial charge in [-0.1, -0.05) is 129 Å². The molecule has 0 aromatic heterocycles. The van der Waals surface area contributed by atoms with E-state index in [0.29, 0.717) is 0 Å².